The highest BCUT2D eigenvalue weighted by Crippen LogP contribution is 2.54. The molecule has 1 aliphatic heterocycles. The van der Waals surface area contributed by atoms with Crippen LogP contribution in [-0.2, 0) is 0 Å². The summed E-state index contributed by atoms with van der Waals surface area (Å²) in [6.07, 6.45) is 3.11. The summed E-state index contributed by atoms with van der Waals surface area (Å²) >= 11 is 3.42. The largest absolute Gasteiger partial charge is 0.493 e. The Morgan fingerprint density at radius 2 is 1.64 bits per heavy atom. The first-order valence-corrected chi connectivity index (χ1v) is 9.02. The highest BCUT2D eigenvalue weighted by molar-refractivity contribution is 9.10. The van der Waals surface area contributed by atoms with Gasteiger partial charge in [0.1, 0.15) is 0 Å². The van der Waals surface area contributed by atoms with Crippen LogP contribution in [0.5, 0.6) is 34.5 Å². The summed E-state index contributed by atoms with van der Waals surface area (Å²) in [6, 6.07) is 5.36. The van der Waals surface area contributed by atoms with Gasteiger partial charge in [-0.25, -0.2) is 0 Å². The van der Waals surface area contributed by atoms with Crippen LogP contribution in [0.4, 0.5) is 0 Å². The first-order valence-electron chi connectivity index (χ1n) is 8.23. The molecule has 3 rings (SSSR count). The molecule has 1 heterocycles. The molecule has 1 aliphatic rings. The Morgan fingerprint density at radius 3 is 2.29 bits per heavy atom. The lowest BCUT2D eigenvalue weighted by molar-refractivity contribution is 0.104. The third-order valence-corrected chi connectivity index (χ3v) is 4.92. The number of carbonyl (C=O) groups is 1. The number of methoxy groups -OCH3 is 4. The molecule has 0 bridgehead atoms. The lowest BCUT2D eigenvalue weighted by atomic mass is 10.1. The lowest BCUT2D eigenvalue weighted by Gasteiger charge is -2.15. The molecular formula is C20H19BrO7. The van der Waals surface area contributed by atoms with Crippen molar-refractivity contribution in [3.05, 3.63) is 39.9 Å². The Kier molecular flexibility index (Phi) is 5.99. The Balaban J connectivity index is 2.00. The summed E-state index contributed by atoms with van der Waals surface area (Å²) in [7, 11) is 6.05. The maximum Gasteiger partial charge on any atom is 0.231 e. The standard InChI is InChI=1S/C20H19BrO7/c1-23-13-8-6-11(9-14(13)24-2)5-7-12(22)15-16(21)18-20(28-10-27-18)19(26-4)17(15)25-3/h5-9H,10H2,1-4H3. The number of carbonyl (C=O) groups excluding carboxylic acids is 1. The molecule has 0 saturated heterocycles. The molecule has 0 radical (unpaired) electrons. The molecule has 0 spiro atoms. The zero-order chi connectivity index (χ0) is 20.3. The van der Waals surface area contributed by atoms with Crippen LogP contribution in [0.25, 0.3) is 6.08 Å². The molecule has 0 N–H and O–H groups in total. The summed E-state index contributed by atoms with van der Waals surface area (Å²) in [5.74, 6) is 2.25. The monoisotopic (exact) mass is 450 g/mol. The van der Waals surface area contributed by atoms with Gasteiger partial charge in [0.2, 0.25) is 18.3 Å². The van der Waals surface area contributed by atoms with Crippen molar-refractivity contribution >= 4 is 27.8 Å². The van der Waals surface area contributed by atoms with Crippen molar-refractivity contribution < 1.29 is 33.2 Å². The number of allylic oxidation sites excluding steroid dienone is 1. The maximum absolute atomic E-state index is 13.0. The van der Waals surface area contributed by atoms with Gasteiger partial charge in [0.25, 0.3) is 0 Å². The van der Waals surface area contributed by atoms with Crippen molar-refractivity contribution in [2.75, 3.05) is 35.2 Å². The van der Waals surface area contributed by atoms with E-state index in [2.05, 4.69) is 15.9 Å². The van der Waals surface area contributed by atoms with Crippen molar-refractivity contribution in [1.29, 1.82) is 0 Å². The number of ketones is 1. The number of hydrogen-bond donors (Lipinski definition) is 0. The molecule has 7 nitrogen and oxygen atoms in total. The minimum Gasteiger partial charge on any atom is -0.493 e. The Bertz CT molecular complexity index is 937. The molecule has 0 fully saturated rings. The van der Waals surface area contributed by atoms with E-state index in [1.54, 1.807) is 32.4 Å². The highest BCUT2D eigenvalue weighted by Gasteiger charge is 2.32. The Hall–Kier alpha value is -2.87. The minimum absolute atomic E-state index is 0.0343. The van der Waals surface area contributed by atoms with E-state index in [9.17, 15) is 4.79 Å². The normalized spacial score (nSPS) is 12.2. The van der Waals surface area contributed by atoms with Crippen LogP contribution in [0.1, 0.15) is 15.9 Å². The van der Waals surface area contributed by atoms with Gasteiger partial charge in [-0.15, -0.1) is 0 Å². The molecule has 0 saturated carbocycles. The number of rotatable bonds is 7. The number of fused-ring (bicyclic) bond motifs is 1. The van der Waals surface area contributed by atoms with E-state index in [0.29, 0.717) is 33.2 Å². The van der Waals surface area contributed by atoms with Crippen LogP contribution in [0, 0.1) is 0 Å². The average Bonchev–Trinajstić information content (AvgIpc) is 3.21. The van der Waals surface area contributed by atoms with Gasteiger partial charge in [0, 0.05) is 0 Å². The molecule has 0 amide bonds. The van der Waals surface area contributed by atoms with Crippen LogP contribution in [0.3, 0.4) is 0 Å². The third-order valence-electron chi connectivity index (χ3n) is 4.16. The maximum atomic E-state index is 13.0. The van der Waals surface area contributed by atoms with Crippen molar-refractivity contribution in [2.45, 2.75) is 0 Å². The summed E-state index contributed by atoms with van der Waals surface area (Å²) in [5.41, 5.74) is 1.05. The van der Waals surface area contributed by atoms with E-state index in [0.717, 1.165) is 5.56 Å². The molecule has 2 aromatic carbocycles. The number of ether oxygens (including phenoxy) is 6. The van der Waals surface area contributed by atoms with Gasteiger partial charge in [0.05, 0.1) is 38.5 Å². The third kappa shape index (κ3) is 3.47. The highest BCUT2D eigenvalue weighted by atomic mass is 79.9. The van der Waals surface area contributed by atoms with Gasteiger partial charge in [-0.1, -0.05) is 12.1 Å². The zero-order valence-electron chi connectivity index (χ0n) is 15.8. The van der Waals surface area contributed by atoms with Crippen LogP contribution in [-0.4, -0.2) is 41.0 Å². The fraction of sp³-hybridized carbons (Fsp3) is 0.250. The fourth-order valence-electron chi connectivity index (χ4n) is 2.85. The lowest BCUT2D eigenvalue weighted by Crippen LogP contribution is -2.04. The van der Waals surface area contributed by atoms with Gasteiger partial charge in [-0.2, -0.15) is 0 Å². The van der Waals surface area contributed by atoms with Crippen molar-refractivity contribution in [2.24, 2.45) is 0 Å². The van der Waals surface area contributed by atoms with Crippen LogP contribution in [0.15, 0.2) is 28.7 Å². The number of hydrogen-bond acceptors (Lipinski definition) is 7. The molecule has 148 valence electrons. The smallest absolute Gasteiger partial charge is 0.231 e. The predicted molar refractivity (Wildman–Crippen MR) is 106 cm³/mol. The second kappa shape index (κ2) is 8.43. The molecule has 0 aliphatic carbocycles. The molecule has 0 aromatic heterocycles. The summed E-state index contributed by atoms with van der Waals surface area (Å²) in [4.78, 5) is 13.0. The van der Waals surface area contributed by atoms with Gasteiger partial charge in [-0.05, 0) is 39.7 Å². The van der Waals surface area contributed by atoms with Gasteiger partial charge in [-0.3, -0.25) is 4.79 Å². The Labute approximate surface area is 170 Å². The van der Waals surface area contributed by atoms with Gasteiger partial charge in [0.15, 0.2) is 28.8 Å². The molecule has 28 heavy (non-hydrogen) atoms. The molecule has 8 heteroatoms. The summed E-state index contributed by atoms with van der Waals surface area (Å²) in [5, 5.41) is 0. The van der Waals surface area contributed by atoms with Crippen LogP contribution >= 0.6 is 15.9 Å². The van der Waals surface area contributed by atoms with Crippen molar-refractivity contribution in [1.82, 2.24) is 0 Å². The summed E-state index contributed by atoms with van der Waals surface area (Å²) < 4.78 is 32.7. The van der Waals surface area contributed by atoms with Crippen molar-refractivity contribution in [3.63, 3.8) is 0 Å². The van der Waals surface area contributed by atoms with Gasteiger partial charge < -0.3 is 28.4 Å². The number of halogens is 1. The minimum atomic E-state index is -0.296. The molecule has 2 aromatic rings. The average molecular weight is 451 g/mol. The van der Waals surface area contributed by atoms with Crippen LogP contribution in [0.2, 0.25) is 0 Å². The molecular weight excluding hydrogens is 432 g/mol. The van der Waals surface area contributed by atoms with E-state index < -0.39 is 0 Å². The van der Waals surface area contributed by atoms with Crippen molar-refractivity contribution in [3.8, 4) is 34.5 Å². The first-order chi connectivity index (χ1) is 13.5. The molecule has 0 unspecified atom stereocenters. The SMILES string of the molecule is COc1ccc(C=CC(=O)c2c(Br)c3c(c(OC)c2OC)OCO3)cc1OC. The van der Waals surface area contributed by atoms with E-state index in [1.807, 2.05) is 6.07 Å². The quantitative estimate of drug-likeness (QED) is 0.464. The van der Waals surface area contributed by atoms with E-state index in [-0.39, 0.29) is 23.9 Å². The number of benzene rings is 2. The summed E-state index contributed by atoms with van der Waals surface area (Å²) in [6.45, 7) is 0.0343. The Morgan fingerprint density at radius 1 is 0.964 bits per heavy atom. The van der Waals surface area contributed by atoms with E-state index in [4.69, 9.17) is 28.4 Å². The van der Waals surface area contributed by atoms with Gasteiger partial charge >= 0.3 is 0 Å². The zero-order valence-corrected chi connectivity index (χ0v) is 17.4. The van der Waals surface area contributed by atoms with E-state index >= 15 is 0 Å². The second-order valence-electron chi connectivity index (χ2n) is 5.63. The van der Waals surface area contributed by atoms with Crippen LogP contribution < -0.4 is 28.4 Å². The van der Waals surface area contributed by atoms with E-state index in [1.165, 1.54) is 20.3 Å². The topological polar surface area (TPSA) is 72.5 Å². The second-order valence-corrected chi connectivity index (χ2v) is 6.43. The first kappa shape index (κ1) is 19.9. The fourth-order valence-corrected chi connectivity index (χ4v) is 3.52. The predicted octanol–water partition coefficient (Wildman–Crippen LogP) is 4.11. The molecule has 0 atom stereocenters.